The van der Waals surface area contributed by atoms with Crippen molar-refractivity contribution < 1.29 is 4.92 Å². The molecule has 1 aromatic carbocycles. The molecule has 0 fully saturated rings. The van der Waals surface area contributed by atoms with Gasteiger partial charge in [0.05, 0.1) is 4.92 Å². The molecule has 2 rings (SSSR count). The molecule has 1 heterocycles. The van der Waals surface area contributed by atoms with Crippen molar-refractivity contribution in [3.05, 3.63) is 44.3 Å². The van der Waals surface area contributed by atoms with Crippen LogP contribution in [-0.2, 0) is 5.41 Å². The lowest BCUT2D eigenvalue weighted by atomic mass is 9.86. The fraction of sp³-hybridized carbons (Fsp3) is 0.286. The minimum atomic E-state index is -0.476. The number of nitriles is 1. The third-order valence-electron chi connectivity index (χ3n) is 3.20. The van der Waals surface area contributed by atoms with Crippen LogP contribution >= 0.6 is 15.9 Å². The highest BCUT2D eigenvalue weighted by Gasteiger charge is 2.23. The van der Waals surface area contributed by atoms with E-state index in [2.05, 4.69) is 41.9 Å². The number of halogens is 1. The minimum absolute atomic E-state index is 0.0878. The molecular formula is C14H14BrN7O2. The predicted octanol–water partition coefficient (Wildman–Crippen LogP) is 3.14. The molecule has 0 aliphatic rings. The maximum Gasteiger partial charge on any atom is 0.294 e. The molecule has 0 atom stereocenters. The van der Waals surface area contributed by atoms with Crippen LogP contribution in [0.5, 0.6) is 0 Å². The van der Waals surface area contributed by atoms with E-state index in [-0.39, 0.29) is 28.2 Å². The molecule has 0 saturated carbocycles. The second-order valence-electron chi connectivity index (χ2n) is 5.91. The first kappa shape index (κ1) is 17.6. The summed E-state index contributed by atoms with van der Waals surface area (Å²) in [5, 5.41) is 36.4. The average molecular weight is 392 g/mol. The first-order valence-corrected chi connectivity index (χ1v) is 7.62. The summed E-state index contributed by atoms with van der Waals surface area (Å²) in [6, 6.07) is 5.23. The second kappa shape index (κ2) is 6.76. The number of anilines is 1. The molecule has 124 valence electrons. The van der Waals surface area contributed by atoms with Crippen LogP contribution in [0.1, 0.15) is 32.2 Å². The summed E-state index contributed by atoms with van der Waals surface area (Å²) >= 11 is 3.35. The van der Waals surface area contributed by atoms with E-state index < -0.39 is 4.92 Å². The number of allylic oxidation sites excluding steroid dienone is 1. The number of nitrogens with one attached hydrogen (secondary N) is 2. The molecule has 0 saturated heterocycles. The number of H-pyrrole nitrogens is 1. The Morgan fingerprint density at radius 3 is 2.71 bits per heavy atom. The number of aromatic nitrogens is 4. The maximum atomic E-state index is 11.4. The zero-order valence-corrected chi connectivity index (χ0v) is 14.7. The van der Waals surface area contributed by atoms with Gasteiger partial charge in [0, 0.05) is 16.7 Å². The van der Waals surface area contributed by atoms with Gasteiger partial charge < -0.3 is 5.32 Å². The van der Waals surface area contributed by atoms with Gasteiger partial charge in [-0.05, 0) is 38.2 Å². The normalized spacial score (nSPS) is 11.9. The predicted molar refractivity (Wildman–Crippen MR) is 90.9 cm³/mol. The standard InChI is InChI=1S/C14H14BrN7O2/c1-14(2,3)9-4-10(15)12(11(5-9)22(23)24)17-7-8(6-16)13-18-20-21-19-13/h4-5,7,17H,1-3H3,(H,18,19,20,21). The average Bonchev–Trinajstić information content (AvgIpc) is 3.01. The van der Waals surface area contributed by atoms with Crippen molar-refractivity contribution in [1.82, 2.24) is 20.6 Å². The zero-order valence-electron chi connectivity index (χ0n) is 13.2. The first-order valence-electron chi connectivity index (χ1n) is 6.83. The maximum absolute atomic E-state index is 11.4. The van der Waals surface area contributed by atoms with E-state index in [1.54, 1.807) is 0 Å². The van der Waals surface area contributed by atoms with E-state index in [0.717, 1.165) is 5.56 Å². The summed E-state index contributed by atoms with van der Waals surface area (Å²) in [7, 11) is 0. The lowest BCUT2D eigenvalue weighted by Gasteiger charge is -2.20. The van der Waals surface area contributed by atoms with Crippen molar-refractivity contribution in [3.63, 3.8) is 0 Å². The smallest absolute Gasteiger partial charge is 0.294 e. The number of hydrogen-bond donors (Lipinski definition) is 2. The van der Waals surface area contributed by atoms with Gasteiger partial charge >= 0.3 is 0 Å². The highest BCUT2D eigenvalue weighted by atomic mass is 79.9. The van der Waals surface area contributed by atoms with Gasteiger partial charge in [-0.25, -0.2) is 0 Å². The lowest BCUT2D eigenvalue weighted by molar-refractivity contribution is -0.384. The molecule has 0 radical (unpaired) electrons. The number of nitrogens with zero attached hydrogens (tertiary/aromatic N) is 5. The Balaban J connectivity index is 2.47. The molecule has 2 N–H and O–H groups in total. The molecule has 0 unspecified atom stereocenters. The van der Waals surface area contributed by atoms with Crippen molar-refractivity contribution >= 4 is 32.9 Å². The van der Waals surface area contributed by atoms with Gasteiger partial charge in [-0.1, -0.05) is 20.8 Å². The van der Waals surface area contributed by atoms with E-state index >= 15 is 0 Å². The Morgan fingerprint density at radius 2 is 2.21 bits per heavy atom. The van der Waals surface area contributed by atoms with Gasteiger partial charge in [-0.15, -0.1) is 10.2 Å². The van der Waals surface area contributed by atoms with Gasteiger partial charge in [0.2, 0.25) is 5.82 Å². The highest BCUT2D eigenvalue weighted by Crippen LogP contribution is 2.38. The van der Waals surface area contributed by atoms with Crippen LogP contribution in [0.3, 0.4) is 0 Å². The number of rotatable bonds is 4. The molecule has 0 aliphatic carbocycles. The van der Waals surface area contributed by atoms with Gasteiger partial charge in [0.15, 0.2) is 0 Å². The molecule has 2 aromatic rings. The van der Waals surface area contributed by atoms with Crippen LogP contribution in [0.25, 0.3) is 5.57 Å². The number of benzene rings is 1. The van der Waals surface area contributed by atoms with Crippen molar-refractivity contribution in [1.29, 1.82) is 5.26 Å². The number of aromatic amines is 1. The van der Waals surface area contributed by atoms with Gasteiger partial charge in [0.25, 0.3) is 5.69 Å². The SMILES string of the molecule is CC(C)(C)c1cc(Br)c(NC=C(C#N)c2nn[nH]n2)c([N+](=O)[O-])c1. The van der Waals surface area contributed by atoms with E-state index in [4.69, 9.17) is 5.26 Å². The molecule has 10 heteroatoms. The number of nitro benzene ring substituents is 1. The quantitative estimate of drug-likeness (QED) is 0.464. The van der Waals surface area contributed by atoms with Gasteiger partial charge in [-0.3, -0.25) is 10.1 Å². The molecule has 0 spiro atoms. The van der Waals surface area contributed by atoms with Crippen LogP contribution in [0.4, 0.5) is 11.4 Å². The topological polar surface area (TPSA) is 133 Å². The summed E-state index contributed by atoms with van der Waals surface area (Å²) in [5.74, 6) is 0.0927. The molecule has 0 aliphatic heterocycles. The van der Waals surface area contributed by atoms with E-state index in [1.807, 2.05) is 32.9 Å². The largest absolute Gasteiger partial charge is 0.354 e. The van der Waals surface area contributed by atoms with Crippen molar-refractivity contribution in [2.24, 2.45) is 0 Å². The van der Waals surface area contributed by atoms with E-state index in [1.165, 1.54) is 12.3 Å². The molecule has 24 heavy (non-hydrogen) atoms. The third kappa shape index (κ3) is 3.75. The van der Waals surface area contributed by atoms with Gasteiger partial charge in [0.1, 0.15) is 17.3 Å². The molecule has 0 amide bonds. The Hall–Kier alpha value is -2.80. The summed E-state index contributed by atoms with van der Waals surface area (Å²) in [4.78, 5) is 10.9. The van der Waals surface area contributed by atoms with Crippen LogP contribution < -0.4 is 5.32 Å². The molecule has 9 nitrogen and oxygen atoms in total. The zero-order chi connectivity index (χ0) is 17.9. The fourth-order valence-electron chi connectivity index (χ4n) is 1.88. The monoisotopic (exact) mass is 391 g/mol. The first-order chi connectivity index (χ1) is 11.2. The summed E-state index contributed by atoms with van der Waals surface area (Å²) in [6.07, 6.45) is 1.30. The second-order valence-corrected chi connectivity index (χ2v) is 6.76. The van der Waals surface area contributed by atoms with Crippen LogP contribution in [0, 0.1) is 21.4 Å². The Kier molecular flexibility index (Phi) is 4.94. The minimum Gasteiger partial charge on any atom is -0.354 e. The van der Waals surface area contributed by atoms with Crippen LogP contribution in [0.15, 0.2) is 22.8 Å². The third-order valence-corrected chi connectivity index (χ3v) is 3.83. The fourth-order valence-corrected chi connectivity index (χ4v) is 2.44. The summed E-state index contributed by atoms with van der Waals surface area (Å²) in [6.45, 7) is 5.90. The number of tetrazole rings is 1. The van der Waals surface area contributed by atoms with Crippen molar-refractivity contribution in [3.8, 4) is 6.07 Å². The molecular weight excluding hydrogens is 378 g/mol. The number of nitro groups is 1. The van der Waals surface area contributed by atoms with Crippen LogP contribution in [0.2, 0.25) is 0 Å². The molecule has 1 aromatic heterocycles. The van der Waals surface area contributed by atoms with Gasteiger partial charge in [-0.2, -0.15) is 10.5 Å². The van der Waals surface area contributed by atoms with E-state index in [0.29, 0.717) is 4.47 Å². The van der Waals surface area contributed by atoms with Crippen molar-refractivity contribution in [2.45, 2.75) is 26.2 Å². The summed E-state index contributed by atoms with van der Waals surface area (Å²) < 4.78 is 0.517. The Morgan fingerprint density at radius 1 is 1.50 bits per heavy atom. The molecule has 0 bridgehead atoms. The highest BCUT2D eigenvalue weighted by molar-refractivity contribution is 9.10. The van der Waals surface area contributed by atoms with E-state index in [9.17, 15) is 10.1 Å². The lowest BCUT2D eigenvalue weighted by Crippen LogP contribution is -2.12. The summed E-state index contributed by atoms with van der Waals surface area (Å²) in [5.41, 5.74) is 0.795. The number of hydrogen-bond acceptors (Lipinski definition) is 7. The Labute approximate surface area is 146 Å². The van der Waals surface area contributed by atoms with Crippen molar-refractivity contribution in [2.75, 3.05) is 5.32 Å². The van der Waals surface area contributed by atoms with Crippen LogP contribution in [-0.4, -0.2) is 25.5 Å². The Bertz CT molecular complexity index is 832.